The molecule has 130 valence electrons. The maximum atomic E-state index is 12.3. The van der Waals surface area contributed by atoms with E-state index in [1.165, 1.54) is 0 Å². The SMILES string of the molecule is NC(=S)c1ccc(C(=O)NCc2cccc(Oc3ccccc3)c2)cc1. The largest absolute Gasteiger partial charge is 0.457 e. The zero-order valence-corrected chi connectivity index (χ0v) is 14.8. The van der Waals surface area contributed by atoms with Gasteiger partial charge in [-0.15, -0.1) is 0 Å². The monoisotopic (exact) mass is 362 g/mol. The van der Waals surface area contributed by atoms with Gasteiger partial charge in [0.25, 0.3) is 5.91 Å². The summed E-state index contributed by atoms with van der Waals surface area (Å²) in [6.07, 6.45) is 0. The molecule has 0 bridgehead atoms. The highest BCUT2D eigenvalue weighted by atomic mass is 32.1. The number of rotatable bonds is 6. The van der Waals surface area contributed by atoms with Gasteiger partial charge in [0, 0.05) is 17.7 Å². The molecule has 3 aromatic carbocycles. The van der Waals surface area contributed by atoms with Gasteiger partial charge in [-0.05, 0) is 42.0 Å². The number of hydrogen-bond acceptors (Lipinski definition) is 3. The molecule has 0 fully saturated rings. The molecule has 0 atom stereocenters. The summed E-state index contributed by atoms with van der Waals surface area (Å²) >= 11 is 4.91. The number of amides is 1. The third-order valence-corrected chi connectivity index (χ3v) is 4.00. The lowest BCUT2D eigenvalue weighted by molar-refractivity contribution is 0.0951. The molecule has 0 unspecified atom stereocenters. The number of thiocarbonyl (C=S) groups is 1. The number of carbonyl (C=O) groups is 1. The van der Waals surface area contributed by atoms with Crippen molar-refractivity contribution in [2.24, 2.45) is 5.73 Å². The van der Waals surface area contributed by atoms with Crippen LogP contribution >= 0.6 is 12.2 Å². The average Bonchev–Trinajstić information content (AvgIpc) is 2.67. The quantitative estimate of drug-likeness (QED) is 0.650. The predicted octanol–water partition coefficient (Wildman–Crippen LogP) is 4.04. The van der Waals surface area contributed by atoms with Crippen molar-refractivity contribution in [1.82, 2.24) is 5.32 Å². The van der Waals surface area contributed by atoms with Crippen LogP contribution in [0.4, 0.5) is 0 Å². The molecule has 0 aliphatic rings. The van der Waals surface area contributed by atoms with E-state index < -0.39 is 0 Å². The molecular formula is C21H18N2O2S. The first-order chi connectivity index (χ1) is 12.6. The van der Waals surface area contributed by atoms with E-state index in [9.17, 15) is 4.79 Å². The molecule has 4 nitrogen and oxygen atoms in total. The molecule has 0 saturated heterocycles. The van der Waals surface area contributed by atoms with Crippen LogP contribution in [0.15, 0.2) is 78.9 Å². The molecule has 0 aromatic heterocycles. The maximum absolute atomic E-state index is 12.3. The highest BCUT2D eigenvalue weighted by Crippen LogP contribution is 2.21. The number of nitrogens with two attached hydrogens (primary N) is 1. The first kappa shape index (κ1) is 17.6. The van der Waals surface area contributed by atoms with Crippen LogP contribution in [0.2, 0.25) is 0 Å². The summed E-state index contributed by atoms with van der Waals surface area (Å²) in [4.78, 5) is 12.6. The van der Waals surface area contributed by atoms with E-state index in [4.69, 9.17) is 22.7 Å². The molecule has 0 saturated carbocycles. The van der Waals surface area contributed by atoms with Crippen LogP contribution in [0.3, 0.4) is 0 Å². The van der Waals surface area contributed by atoms with Gasteiger partial charge in [0.1, 0.15) is 16.5 Å². The number of para-hydroxylation sites is 1. The van der Waals surface area contributed by atoms with Crippen molar-refractivity contribution in [2.75, 3.05) is 0 Å². The van der Waals surface area contributed by atoms with E-state index in [1.54, 1.807) is 24.3 Å². The summed E-state index contributed by atoms with van der Waals surface area (Å²) in [5.41, 5.74) is 7.81. The standard InChI is InChI=1S/C21H18N2O2S/c22-20(26)16-9-11-17(12-10-16)21(24)23-14-15-5-4-8-19(13-15)25-18-6-2-1-3-7-18/h1-13H,14H2,(H2,22,26)(H,23,24). The Morgan fingerprint density at radius 1 is 0.885 bits per heavy atom. The molecule has 5 heteroatoms. The van der Waals surface area contributed by atoms with Crippen LogP contribution in [0, 0.1) is 0 Å². The van der Waals surface area contributed by atoms with E-state index in [-0.39, 0.29) is 5.91 Å². The maximum Gasteiger partial charge on any atom is 0.251 e. The van der Waals surface area contributed by atoms with Gasteiger partial charge >= 0.3 is 0 Å². The summed E-state index contributed by atoms with van der Waals surface area (Å²) in [7, 11) is 0. The zero-order chi connectivity index (χ0) is 18.4. The van der Waals surface area contributed by atoms with Gasteiger partial charge in [0.05, 0.1) is 0 Å². The van der Waals surface area contributed by atoms with Crippen molar-refractivity contribution in [3.8, 4) is 11.5 Å². The van der Waals surface area contributed by atoms with E-state index in [0.29, 0.717) is 17.1 Å². The number of ether oxygens (including phenoxy) is 1. The summed E-state index contributed by atoms with van der Waals surface area (Å²) in [6, 6.07) is 24.1. The second kappa shape index (κ2) is 8.27. The average molecular weight is 362 g/mol. The minimum Gasteiger partial charge on any atom is -0.457 e. The topological polar surface area (TPSA) is 64.4 Å². The molecule has 0 aliphatic carbocycles. The molecule has 0 radical (unpaired) electrons. The molecule has 3 aromatic rings. The van der Waals surface area contributed by atoms with Gasteiger partial charge in [0.15, 0.2) is 0 Å². The van der Waals surface area contributed by atoms with Gasteiger partial charge in [0.2, 0.25) is 0 Å². The Hall–Kier alpha value is -3.18. The van der Waals surface area contributed by atoms with Gasteiger partial charge in [-0.2, -0.15) is 0 Å². The Labute approximate surface area is 157 Å². The Kier molecular flexibility index (Phi) is 5.61. The Morgan fingerprint density at radius 3 is 2.23 bits per heavy atom. The molecule has 0 spiro atoms. The van der Waals surface area contributed by atoms with Gasteiger partial charge in [-0.1, -0.05) is 54.7 Å². The number of benzene rings is 3. The summed E-state index contributed by atoms with van der Waals surface area (Å²) < 4.78 is 5.81. The fourth-order valence-corrected chi connectivity index (χ4v) is 2.55. The lowest BCUT2D eigenvalue weighted by atomic mass is 10.1. The Bertz CT molecular complexity index is 909. The van der Waals surface area contributed by atoms with Crippen molar-refractivity contribution < 1.29 is 9.53 Å². The van der Waals surface area contributed by atoms with Crippen LogP contribution in [0.1, 0.15) is 21.5 Å². The molecule has 3 rings (SSSR count). The fourth-order valence-electron chi connectivity index (χ4n) is 2.41. The summed E-state index contributed by atoms with van der Waals surface area (Å²) in [5.74, 6) is 1.34. The van der Waals surface area contributed by atoms with Crippen molar-refractivity contribution >= 4 is 23.1 Å². The first-order valence-electron chi connectivity index (χ1n) is 8.12. The number of carbonyl (C=O) groups excluding carboxylic acids is 1. The number of hydrogen-bond donors (Lipinski definition) is 2. The number of nitrogens with one attached hydrogen (secondary N) is 1. The molecular weight excluding hydrogens is 344 g/mol. The highest BCUT2D eigenvalue weighted by Gasteiger charge is 2.06. The molecule has 3 N–H and O–H groups in total. The van der Waals surface area contributed by atoms with E-state index in [2.05, 4.69) is 5.32 Å². The van der Waals surface area contributed by atoms with Crippen LogP contribution < -0.4 is 15.8 Å². The van der Waals surface area contributed by atoms with Gasteiger partial charge in [-0.25, -0.2) is 0 Å². The minimum atomic E-state index is -0.158. The Morgan fingerprint density at radius 2 is 1.54 bits per heavy atom. The second-order valence-corrected chi connectivity index (χ2v) is 6.13. The predicted molar refractivity (Wildman–Crippen MR) is 106 cm³/mol. The lowest BCUT2D eigenvalue weighted by Gasteiger charge is -2.09. The van der Waals surface area contributed by atoms with Crippen molar-refractivity contribution in [2.45, 2.75) is 6.54 Å². The Balaban J connectivity index is 1.61. The van der Waals surface area contributed by atoms with Gasteiger partial charge in [-0.3, -0.25) is 4.79 Å². The molecule has 1 amide bonds. The third kappa shape index (κ3) is 4.68. The van der Waals surface area contributed by atoms with Crippen LogP contribution in [-0.2, 0) is 6.54 Å². The van der Waals surface area contributed by atoms with Crippen molar-refractivity contribution in [3.05, 3.63) is 95.6 Å². The van der Waals surface area contributed by atoms with Crippen molar-refractivity contribution in [1.29, 1.82) is 0 Å². The van der Waals surface area contributed by atoms with Crippen LogP contribution in [0.5, 0.6) is 11.5 Å². The minimum absolute atomic E-state index is 0.158. The van der Waals surface area contributed by atoms with Crippen LogP contribution in [0.25, 0.3) is 0 Å². The fraction of sp³-hybridized carbons (Fsp3) is 0.0476. The summed E-state index contributed by atoms with van der Waals surface area (Å²) in [6.45, 7) is 0.405. The van der Waals surface area contributed by atoms with E-state index >= 15 is 0 Å². The zero-order valence-electron chi connectivity index (χ0n) is 14.0. The first-order valence-corrected chi connectivity index (χ1v) is 8.52. The summed E-state index contributed by atoms with van der Waals surface area (Å²) in [5, 5.41) is 2.90. The van der Waals surface area contributed by atoms with E-state index in [0.717, 1.165) is 22.6 Å². The van der Waals surface area contributed by atoms with Gasteiger partial charge < -0.3 is 15.8 Å². The highest BCUT2D eigenvalue weighted by molar-refractivity contribution is 7.80. The smallest absolute Gasteiger partial charge is 0.251 e. The lowest BCUT2D eigenvalue weighted by Crippen LogP contribution is -2.23. The van der Waals surface area contributed by atoms with E-state index in [1.807, 2.05) is 54.6 Å². The molecule has 26 heavy (non-hydrogen) atoms. The molecule has 0 heterocycles. The third-order valence-electron chi connectivity index (χ3n) is 3.76. The van der Waals surface area contributed by atoms with Crippen LogP contribution in [-0.4, -0.2) is 10.9 Å². The molecule has 0 aliphatic heterocycles. The van der Waals surface area contributed by atoms with Crippen molar-refractivity contribution in [3.63, 3.8) is 0 Å². The second-order valence-electron chi connectivity index (χ2n) is 5.69. The normalized spacial score (nSPS) is 10.2.